The maximum absolute atomic E-state index is 13.3. The molecule has 150 valence electrons. The summed E-state index contributed by atoms with van der Waals surface area (Å²) < 4.78 is 5.22. The molecule has 1 aliphatic heterocycles. The molecule has 0 bridgehead atoms. The van der Waals surface area contributed by atoms with Gasteiger partial charge in [-0.2, -0.15) is 0 Å². The van der Waals surface area contributed by atoms with Gasteiger partial charge in [0.15, 0.2) is 0 Å². The Morgan fingerprint density at radius 3 is 2.64 bits per heavy atom. The molecule has 1 aromatic heterocycles. The predicted octanol–water partition coefficient (Wildman–Crippen LogP) is 4.54. The van der Waals surface area contributed by atoms with Gasteiger partial charge in [-0.05, 0) is 31.5 Å². The number of unbranched alkanes of at least 4 members (excludes halogenated alkanes) is 3. The van der Waals surface area contributed by atoms with Crippen molar-refractivity contribution in [1.29, 1.82) is 0 Å². The van der Waals surface area contributed by atoms with E-state index in [0.717, 1.165) is 24.0 Å². The highest BCUT2D eigenvalue weighted by Crippen LogP contribution is 2.42. The first kappa shape index (κ1) is 20.5. The molecule has 28 heavy (non-hydrogen) atoms. The minimum absolute atomic E-state index is 0.0737. The third-order valence-corrected chi connectivity index (χ3v) is 6.32. The maximum atomic E-state index is 13.3. The number of rotatable bonds is 8. The number of carbonyl (C=O) groups excluding carboxylic acids is 2. The second-order valence-electron chi connectivity index (χ2n) is 7.19. The Bertz CT molecular complexity index is 774. The number of benzene rings is 1. The van der Waals surface area contributed by atoms with Gasteiger partial charge in [-0.1, -0.05) is 43.9 Å². The van der Waals surface area contributed by atoms with Gasteiger partial charge < -0.3 is 14.6 Å². The van der Waals surface area contributed by atoms with Crippen LogP contribution in [-0.4, -0.2) is 35.1 Å². The molecule has 1 fully saturated rings. The molecule has 2 unspecified atom stereocenters. The van der Waals surface area contributed by atoms with Crippen molar-refractivity contribution >= 4 is 23.6 Å². The second kappa shape index (κ2) is 9.82. The van der Waals surface area contributed by atoms with E-state index in [-0.39, 0.29) is 17.2 Å². The lowest BCUT2D eigenvalue weighted by atomic mass is 10.1. The molecule has 3 rings (SSSR count). The zero-order chi connectivity index (χ0) is 19.9. The van der Waals surface area contributed by atoms with E-state index in [9.17, 15) is 9.59 Å². The second-order valence-corrected chi connectivity index (χ2v) is 8.30. The van der Waals surface area contributed by atoms with E-state index in [2.05, 4.69) is 12.2 Å². The minimum atomic E-state index is -0.482. The van der Waals surface area contributed by atoms with Crippen LogP contribution >= 0.6 is 11.8 Å². The number of nitrogens with one attached hydrogen (secondary N) is 1. The summed E-state index contributed by atoms with van der Waals surface area (Å²) in [6.45, 7) is 4.81. The molecule has 6 heteroatoms. The van der Waals surface area contributed by atoms with Gasteiger partial charge in [-0.15, -0.1) is 11.8 Å². The Balaban J connectivity index is 1.75. The fraction of sp³-hybridized carbons (Fsp3) is 0.455. The Kier molecular flexibility index (Phi) is 7.20. The Morgan fingerprint density at radius 1 is 1.18 bits per heavy atom. The summed E-state index contributed by atoms with van der Waals surface area (Å²) in [6, 6.07) is 8.88. The summed E-state index contributed by atoms with van der Waals surface area (Å²) in [7, 11) is 0. The molecule has 1 N–H and O–H groups in total. The average molecular weight is 401 g/mol. The largest absolute Gasteiger partial charge is 0.472 e. The minimum Gasteiger partial charge on any atom is -0.472 e. The molecule has 1 aliphatic rings. The van der Waals surface area contributed by atoms with Crippen LogP contribution in [0, 0.1) is 6.92 Å². The lowest BCUT2D eigenvalue weighted by Gasteiger charge is -2.28. The molecule has 2 atom stereocenters. The van der Waals surface area contributed by atoms with Crippen molar-refractivity contribution in [2.75, 3.05) is 12.3 Å². The Hall–Kier alpha value is -2.21. The molecule has 0 spiro atoms. The summed E-state index contributed by atoms with van der Waals surface area (Å²) in [6.07, 6.45) is 7.67. The van der Waals surface area contributed by atoms with Crippen molar-refractivity contribution in [1.82, 2.24) is 10.2 Å². The van der Waals surface area contributed by atoms with Gasteiger partial charge in [0.2, 0.25) is 5.91 Å². The molecule has 0 saturated carbocycles. The van der Waals surface area contributed by atoms with Crippen LogP contribution in [0.5, 0.6) is 0 Å². The van der Waals surface area contributed by atoms with Crippen molar-refractivity contribution in [2.24, 2.45) is 0 Å². The summed E-state index contributed by atoms with van der Waals surface area (Å²) in [5.74, 6) is 0.381. The number of carbonyl (C=O) groups is 2. The zero-order valence-electron chi connectivity index (χ0n) is 16.5. The molecular weight excluding hydrogens is 372 g/mol. The van der Waals surface area contributed by atoms with Gasteiger partial charge >= 0.3 is 0 Å². The van der Waals surface area contributed by atoms with Crippen LogP contribution in [0.3, 0.4) is 0 Å². The first-order valence-corrected chi connectivity index (χ1v) is 11.0. The number of hydrogen-bond donors (Lipinski definition) is 1. The Labute approximate surface area is 170 Å². The average Bonchev–Trinajstić information content (AvgIpc) is 3.37. The van der Waals surface area contributed by atoms with E-state index in [0.29, 0.717) is 17.9 Å². The molecular formula is C22H28N2O3S. The molecule has 2 aromatic rings. The summed E-state index contributed by atoms with van der Waals surface area (Å²) in [5, 5.41) is 2.81. The SMILES string of the molecule is CCCCCCNC(=O)C1CSC(c2ccoc2)N1C(=O)c1ccc(C)cc1. The highest BCUT2D eigenvalue weighted by Gasteiger charge is 2.42. The molecule has 5 nitrogen and oxygen atoms in total. The smallest absolute Gasteiger partial charge is 0.255 e. The molecule has 0 aliphatic carbocycles. The van der Waals surface area contributed by atoms with Crippen LogP contribution in [0.25, 0.3) is 0 Å². The van der Waals surface area contributed by atoms with Crippen molar-refractivity contribution in [3.8, 4) is 0 Å². The first-order chi connectivity index (χ1) is 13.6. The highest BCUT2D eigenvalue weighted by molar-refractivity contribution is 7.99. The number of hydrogen-bond acceptors (Lipinski definition) is 4. The maximum Gasteiger partial charge on any atom is 0.255 e. The molecule has 2 heterocycles. The standard InChI is InChI=1S/C22H28N2O3S/c1-3-4-5-6-12-23-20(25)19-15-28-22(18-11-13-27-14-18)24(19)21(26)17-9-7-16(2)8-10-17/h7-11,13-14,19,22H,3-6,12,15H2,1-2H3,(H,23,25). The van der Waals surface area contributed by atoms with Gasteiger partial charge in [0.25, 0.3) is 5.91 Å². The number of furan rings is 1. The van der Waals surface area contributed by atoms with Crippen molar-refractivity contribution in [3.63, 3.8) is 0 Å². The van der Waals surface area contributed by atoms with E-state index in [4.69, 9.17) is 4.42 Å². The fourth-order valence-corrected chi connectivity index (χ4v) is 4.76. The van der Waals surface area contributed by atoms with E-state index < -0.39 is 6.04 Å². The zero-order valence-corrected chi connectivity index (χ0v) is 17.3. The van der Waals surface area contributed by atoms with Crippen LogP contribution in [0.1, 0.15) is 59.5 Å². The van der Waals surface area contributed by atoms with E-state index in [1.807, 2.05) is 37.3 Å². The highest BCUT2D eigenvalue weighted by atomic mass is 32.2. The number of aryl methyl sites for hydroxylation is 1. The summed E-state index contributed by atoms with van der Waals surface area (Å²) in [5.41, 5.74) is 2.60. The van der Waals surface area contributed by atoms with Crippen LogP contribution < -0.4 is 5.32 Å². The monoisotopic (exact) mass is 400 g/mol. The molecule has 1 saturated heterocycles. The number of thioether (sulfide) groups is 1. The first-order valence-electron chi connectivity index (χ1n) is 9.92. The van der Waals surface area contributed by atoms with Crippen LogP contribution in [0.2, 0.25) is 0 Å². The van der Waals surface area contributed by atoms with Crippen LogP contribution in [0.15, 0.2) is 47.3 Å². The van der Waals surface area contributed by atoms with E-state index in [1.54, 1.807) is 29.2 Å². The van der Waals surface area contributed by atoms with E-state index in [1.165, 1.54) is 12.8 Å². The third-order valence-electron chi connectivity index (χ3n) is 4.99. The quantitative estimate of drug-likeness (QED) is 0.661. The van der Waals surface area contributed by atoms with E-state index >= 15 is 0 Å². The molecule has 1 aromatic carbocycles. The lowest BCUT2D eigenvalue weighted by Crippen LogP contribution is -2.48. The van der Waals surface area contributed by atoms with Crippen LogP contribution in [0.4, 0.5) is 0 Å². The summed E-state index contributed by atoms with van der Waals surface area (Å²) in [4.78, 5) is 27.9. The van der Waals surface area contributed by atoms with Crippen molar-refractivity contribution in [3.05, 3.63) is 59.5 Å². The lowest BCUT2D eigenvalue weighted by molar-refractivity contribution is -0.124. The molecule has 0 radical (unpaired) electrons. The van der Waals surface area contributed by atoms with Gasteiger partial charge in [-0.25, -0.2) is 0 Å². The summed E-state index contributed by atoms with van der Waals surface area (Å²) >= 11 is 1.60. The number of nitrogens with zero attached hydrogens (tertiary/aromatic N) is 1. The topological polar surface area (TPSA) is 62.6 Å². The van der Waals surface area contributed by atoms with Gasteiger partial charge in [-0.3, -0.25) is 9.59 Å². The predicted molar refractivity (Wildman–Crippen MR) is 112 cm³/mol. The molecule has 2 amide bonds. The van der Waals surface area contributed by atoms with Gasteiger partial charge in [0, 0.05) is 23.4 Å². The Morgan fingerprint density at radius 2 is 1.96 bits per heavy atom. The fourth-order valence-electron chi connectivity index (χ4n) is 3.36. The van der Waals surface area contributed by atoms with Gasteiger partial charge in [0.1, 0.15) is 11.4 Å². The normalized spacial score (nSPS) is 19.0. The third kappa shape index (κ3) is 4.79. The van der Waals surface area contributed by atoms with Crippen LogP contribution in [-0.2, 0) is 4.79 Å². The van der Waals surface area contributed by atoms with Crippen molar-refractivity contribution in [2.45, 2.75) is 50.9 Å². The van der Waals surface area contributed by atoms with Gasteiger partial charge in [0.05, 0.1) is 12.5 Å². The number of amides is 2. The van der Waals surface area contributed by atoms with Crippen molar-refractivity contribution < 1.29 is 14.0 Å².